The van der Waals surface area contributed by atoms with Crippen molar-refractivity contribution in [1.82, 2.24) is 14.9 Å². The lowest BCUT2D eigenvalue weighted by Gasteiger charge is -2.13. The molecule has 1 aromatic heterocycles. The number of rotatable bonds is 7. The predicted octanol–water partition coefficient (Wildman–Crippen LogP) is 1.67. The molecule has 130 valence electrons. The number of halogens is 2. The van der Waals surface area contributed by atoms with Gasteiger partial charge in [0.1, 0.15) is 5.82 Å². The minimum atomic E-state index is -0.221. The number of methoxy groups -OCH3 is 1. The number of benzene rings is 1. The molecule has 2 rings (SSSR count). The number of para-hydroxylation sites is 2. The van der Waals surface area contributed by atoms with E-state index in [0.717, 1.165) is 16.9 Å². The van der Waals surface area contributed by atoms with Crippen LogP contribution in [-0.4, -0.2) is 41.8 Å². The van der Waals surface area contributed by atoms with Gasteiger partial charge in [0.05, 0.1) is 23.6 Å². The monoisotopic (exact) mass is 362 g/mol. The largest absolute Gasteiger partial charge is 0.380 e. The van der Waals surface area contributed by atoms with Gasteiger partial charge in [-0.2, -0.15) is 0 Å². The highest BCUT2D eigenvalue weighted by molar-refractivity contribution is 5.85. The molecule has 0 fully saturated rings. The van der Waals surface area contributed by atoms with Crippen LogP contribution in [0.25, 0.3) is 11.0 Å². The molecule has 23 heavy (non-hydrogen) atoms. The van der Waals surface area contributed by atoms with Gasteiger partial charge >= 0.3 is 0 Å². The second-order valence-electron chi connectivity index (χ2n) is 4.95. The van der Waals surface area contributed by atoms with Crippen LogP contribution in [0.3, 0.4) is 0 Å². The second-order valence-corrected chi connectivity index (χ2v) is 4.95. The van der Waals surface area contributed by atoms with Gasteiger partial charge in [0.25, 0.3) is 0 Å². The van der Waals surface area contributed by atoms with E-state index in [-0.39, 0.29) is 43.2 Å². The van der Waals surface area contributed by atoms with E-state index in [4.69, 9.17) is 10.5 Å². The summed E-state index contributed by atoms with van der Waals surface area (Å²) in [5, 5.41) is 2.89. The minimum absolute atomic E-state index is 0. The highest BCUT2D eigenvalue weighted by Crippen LogP contribution is 2.14. The number of hydrogen-bond donors (Lipinski definition) is 2. The maximum absolute atomic E-state index is 11.8. The van der Waals surface area contributed by atoms with Crippen LogP contribution in [0, 0.1) is 6.92 Å². The fourth-order valence-electron chi connectivity index (χ4n) is 2.33. The van der Waals surface area contributed by atoms with Crippen molar-refractivity contribution >= 4 is 41.8 Å². The lowest BCUT2D eigenvalue weighted by atomic mass is 10.2. The molecule has 2 aromatic rings. The minimum Gasteiger partial charge on any atom is -0.380 e. The average molecular weight is 363 g/mol. The Morgan fingerprint density at radius 1 is 1.39 bits per heavy atom. The van der Waals surface area contributed by atoms with Crippen molar-refractivity contribution in [1.29, 1.82) is 0 Å². The number of aromatic nitrogens is 2. The van der Waals surface area contributed by atoms with Gasteiger partial charge in [-0.25, -0.2) is 4.98 Å². The number of carbonyl (C=O) groups excluding carboxylic acids is 1. The highest BCUT2D eigenvalue weighted by Gasteiger charge is 2.11. The number of hydrogen-bond acceptors (Lipinski definition) is 4. The maximum atomic E-state index is 11.8. The third-order valence-corrected chi connectivity index (χ3v) is 3.51. The van der Waals surface area contributed by atoms with Gasteiger partial charge in [0.15, 0.2) is 0 Å². The van der Waals surface area contributed by atoms with Gasteiger partial charge in [0.2, 0.25) is 5.91 Å². The Labute approximate surface area is 148 Å². The Morgan fingerprint density at radius 2 is 2.09 bits per heavy atom. The Hall–Kier alpha value is -1.34. The van der Waals surface area contributed by atoms with E-state index in [1.165, 1.54) is 0 Å². The lowest BCUT2D eigenvalue weighted by Crippen LogP contribution is -2.33. The predicted molar refractivity (Wildman–Crippen MR) is 96.4 cm³/mol. The van der Waals surface area contributed by atoms with Gasteiger partial charge in [-0.3, -0.25) is 4.79 Å². The van der Waals surface area contributed by atoms with E-state index in [2.05, 4.69) is 14.9 Å². The van der Waals surface area contributed by atoms with E-state index >= 15 is 0 Å². The number of nitrogens with zero attached hydrogens (tertiary/aromatic N) is 2. The van der Waals surface area contributed by atoms with Crippen molar-refractivity contribution in [2.24, 2.45) is 5.73 Å². The number of ether oxygens (including phenoxy) is 1. The Morgan fingerprint density at radius 3 is 2.74 bits per heavy atom. The van der Waals surface area contributed by atoms with Gasteiger partial charge in [-0.1, -0.05) is 12.1 Å². The zero-order valence-corrected chi connectivity index (χ0v) is 15.0. The van der Waals surface area contributed by atoms with Gasteiger partial charge in [-0.15, -0.1) is 24.8 Å². The van der Waals surface area contributed by atoms with E-state index in [1.54, 1.807) is 7.11 Å². The van der Waals surface area contributed by atoms with Crippen molar-refractivity contribution in [2.75, 3.05) is 20.2 Å². The Balaban J connectivity index is 0.00000242. The number of amides is 1. The molecule has 0 aliphatic rings. The van der Waals surface area contributed by atoms with Crippen molar-refractivity contribution in [3.63, 3.8) is 0 Å². The van der Waals surface area contributed by atoms with Crippen molar-refractivity contribution in [3.8, 4) is 0 Å². The Kier molecular flexibility index (Phi) is 9.83. The smallest absolute Gasteiger partial charge is 0.222 e. The first-order valence-corrected chi connectivity index (χ1v) is 7.07. The molecule has 8 heteroatoms. The lowest BCUT2D eigenvalue weighted by molar-refractivity contribution is -0.123. The average Bonchev–Trinajstić information content (AvgIpc) is 2.81. The molecule has 0 radical (unpaired) electrons. The van der Waals surface area contributed by atoms with E-state index < -0.39 is 0 Å². The fraction of sp³-hybridized carbons (Fsp3) is 0.467. The molecule has 0 saturated heterocycles. The zero-order chi connectivity index (χ0) is 15.2. The van der Waals surface area contributed by atoms with Gasteiger partial charge < -0.3 is 20.4 Å². The van der Waals surface area contributed by atoms with Crippen molar-refractivity contribution in [3.05, 3.63) is 30.1 Å². The molecule has 1 aromatic carbocycles. The van der Waals surface area contributed by atoms with Gasteiger partial charge in [0, 0.05) is 26.7 Å². The number of aryl methyl sites for hydroxylation is 1. The number of nitrogens with two attached hydrogens (primary N) is 1. The number of imidazole rings is 1. The van der Waals surface area contributed by atoms with E-state index in [9.17, 15) is 4.79 Å². The SMILES string of the molecule is COC(CN)CC(=O)NCCn1c(C)nc2ccccc21.Cl.Cl. The fourth-order valence-corrected chi connectivity index (χ4v) is 2.33. The Bertz CT molecular complexity index is 615. The topological polar surface area (TPSA) is 82.2 Å². The highest BCUT2D eigenvalue weighted by atomic mass is 35.5. The molecule has 1 unspecified atom stereocenters. The van der Waals surface area contributed by atoms with Crippen LogP contribution in [0.1, 0.15) is 12.2 Å². The summed E-state index contributed by atoms with van der Waals surface area (Å²) in [6.45, 7) is 3.56. The molecule has 0 aliphatic heterocycles. The first-order chi connectivity index (χ1) is 10.2. The third kappa shape index (κ3) is 5.66. The summed E-state index contributed by atoms with van der Waals surface area (Å²) >= 11 is 0. The molecular formula is C15H24Cl2N4O2. The van der Waals surface area contributed by atoms with Crippen LogP contribution < -0.4 is 11.1 Å². The van der Waals surface area contributed by atoms with Crippen molar-refractivity contribution < 1.29 is 9.53 Å². The van der Waals surface area contributed by atoms with Crippen LogP contribution >= 0.6 is 24.8 Å². The summed E-state index contributed by atoms with van der Waals surface area (Å²) in [6, 6.07) is 7.98. The molecule has 0 saturated carbocycles. The van der Waals surface area contributed by atoms with E-state index in [1.807, 2.05) is 31.2 Å². The van der Waals surface area contributed by atoms with Crippen LogP contribution in [0.2, 0.25) is 0 Å². The molecule has 0 aliphatic carbocycles. The van der Waals surface area contributed by atoms with Crippen LogP contribution in [0.15, 0.2) is 24.3 Å². The molecule has 0 bridgehead atoms. The summed E-state index contributed by atoms with van der Waals surface area (Å²) in [7, 11) is 1.56. The molecule has 1 heterocycles. The molecular weight excluding hydrogens is 339 g/mol. The summed E-state index contributed by atoms with van der Waals surface area (Å²) in [5.74, 6) is 0.900. The second kappa shape index (κ2) is 10.4. The van der Waals surface area contributed by atoms with Gasteiger partial charge in [-0.05, 0) is 19.1 Å². The number of nitrogens with one attached hydrogen (secondary N) is 1. The summed E-state index contributed by atoms with van der Waals surface area (Å²) in [5.41, 5.74) is 7.56. The maximum Gasteiger partial charge on any atom is 0.222 e. The number of fused-ring (bicyclic) bond motifs is 1. The molecule has 0 spiro atoms. The summed E-state index contributed by atoms with van der Waals surface area (Å²) in [4.78, 5) is 16.3. The van der Waals surface area contributed by atoms with E-state index in [0.29, 0.717) is 19.6 Å². The molecule has 1 atom stereocenters. The standard InChI is InChI=1S/C15H22N4O2.2ClH/c1-11-18-13-5-3-4-6-14(13)19(11)8-7-17-15(20)9-12(10-16)21-2;;/h3-6,12H,7-10,16H2,1-2H3,(H,17,20);2*1H. The van der Waals surface area contributed by atoms with Crippen LogP contribution in [-0.2, 0) is 16.1 Å². The van der Waals surface area contributed by atoms with Crippen molar-refractivity contribution in [2.45, 2.75) is 26.0 Å². The first kappa shape index (κ1) is 21.7. The van der Waals surface area contributed by atoms with Crippen LogP contribution in [0.4, 0.5) is 0 Å². The molecule has 6 nitrogen and oxygen atoms in total. The molecule has 3 N–H and O–H groups in total. The normalized spacial score (nSPS) is 11.4. The first-order valence-electron chi connectivity index (χ1n) is 7.07. The number of carbonyl (C=O) groups is 1. The third-order valence-electron chi connectivity index (χ3n) is 3.51. The quantitative estimate of drug-likeness (QED) is 0.784. The molecule has 1 amide bonds. The van der Waals surface area contributed by atoms with Crippen LogP contribution in [0.5, 0.6) is 0 Å². The zero-order valence-electron chi connectivity index (χ0n) is 13.3. The summed E-state index contributed by atoms with van der Waals surface area (Å²) < 4.78 is 7.20. The summed E-state index contributed by atoms with van der Waals surface area (Å²) in [6.07, 6.45) is 0.0669.